The third kappa shape index (κ3) is 4.25. The average molecular weight is 380 g/mol. The Hall–Kier alpha value is -2.67. The number of piperidine rings is 1. The van der Waals surface area contributed by atoms with Crippen LogP contribution in [-0.2, 0) is 6.54 Å². The van der Waals surface area contributed by atoms with Crippen molar-refractivity contribution in [3.05, 3.63) is 54.4 Å². The molecule has 0 saturated carbocycles. The first-order chi connectivity index (χ1) is 13.6. The van der Waals surface area contributed by atoms with Gasteiger partial charge in [0.1, 0.15) is 12.7 Å². The van der Waals surface area contributed by atoms with Crippen LogP contribution in [0, 0.1) is 13.8 Å². The highest BCUT2D eigenvalue weighted by Gasteiger charge is 2.21. The zero-order valence-electron chi connectivity index (χ0n) is 16.9. The highest BCUT2D eigenvalue weighted by Crippen LogP contribution is 2.22. The zero-order valence-corrected chi connectivity index (χ0v) is 16.9. The van der Waals surface area contributed by atoms with E-state index in [1.54, 1.807) is 12.7 Å². The maximum atomic E-state index is 4.57. The van der Waals surface area contributed by atoms with E-state index in [4.69, 9.17) is 0 Å². The number of hydrogen-bond donors (Lipinski definition) is 1. The quantitative estimate of drug-likeness (QED) is 0.713. The summed E-state index contributed by atoms with van der Waals surface area (Å²) in [5, 5.41) is 12.5. The fraction of sp³-hybridized carbons (Fsp3) is 0.476. The van der Waals surface area contributed by atoms with Crippen molar-refractivity contribution in [1.29, 1.82) is 0 Å². The summed E-state index contributed by atoms with van der Waals surface area (Å²) in [7, 11) is 0. The molecule has 1 aliphatic rings. The van der Waals surface area contributed by atoms with Crippen molar-refractivity contribution in [1.82, 2.24) is 29.9 Å². The molecule has 0 radical (unpaired) electrons. The lowest BCUT2D eigenvalue weighted by Gasteiger charge is -2.35. The molecule has 1 unspecified atom stereocenters. The summed E-state index contributed by atoms with van der Waals surface area (Å²) >= 11 is 0. The van der Waals surface area contributed by atoms with Crippen LogP contribution in [0.4, 0.5) is 5.69 Å². The fourth-order valence-electron chi connectivity index (χ4n) is 4.06. The molecule has 1 aliphatic heterocycles. The van der Waals surface area contributed by atoms with Crippen LogP contribution in [0.1, 0.15) is 31.2 Å². The third-order valence-electron chi connectivity index (χ3n) is 5.41. The second-order valence-electron chi connectivity index (χ2n) is 7.80. The Bertz CT molecular complexity index is 874. The van der Waals surface area contributed by atoms with Crippen LogP contribution < -0.4 is 10.2 Å². The summed E-state index contributed by atoms with van der Waals surface area (Å²) in [6.45, 7) is 9.35. The number of hydrogen-bond acceptors (Lipinski definition) is 5. The first kappa shape index (κ1) is 18.7. The Labute approximate surface area is 166 Å². The van der Waals surface area contributed by atoms with E-state index in [1.807, 2.05) is 16.3 Å². The summed E-state index contributed by atoms with van der Waals surface area (Å²) in [5.41, 5.74) is 4.62. The molecule has 1 aromatic carbocycles. The number of aryl methyl sites for hydroxylation is 2. The number of aromatic nitrogens is 5. The van der Waals surface area contributed by atoms with E-state index in [1.165, 1.54) is 5.69 Å². The molecule has 1 N–H and O–H groups in total. The van der Waals surface area contributed by atoms with Crippen LogP contribution in [-0.4, -0.2) is 49.7 Å². The molecule has 4 rings (SSSR count). The molecule has 0 amide bonds. The molecule has 1 fully saturated rings. The van der Waals surface area contributed by atoms with Gasteiger partial charge in [-0.05, 0) is 63.9 Å². The monoisotopic (exact) mass is 379 g/mol. The molecule has 0 bridgehead atoms. The molecule has 0 spiro atoms. The van der Waals surface area contributed by atoms with E-state index >= 15 is 0 Å². The van der Waals surface area contributed by atoms with Crippen molar-refractivity contribution in [3.8, 4) is 5.69 Å². The van der Waals surface area contributed by atoms with Crippen molar-refractivity contribution >= 4 is 5.69 Å². The van der Waals surface area contributed by atoms with Gasteiger partial charge in [-0.25, -0.2) is 9.67 Å². The Kier molecular flexibility index (Phi) is 5.43. The minimum atomic E-state index is 0.387. The van der Waals surface area contributed by atoms with Gasteiger partial charge in [0.25, 0.3) is 0 Å². The van der Waals surface area contributed by atoms with Gasteiger partial charge in [-0.3, -0.25) is 4.68 Å². The Morgan fingerprint density at radius 1 is 1.11 bits per heavy atom. The number of rotatable bonds is 6. The number of anilines is 1. The first-order valence-corrected chi connectivity index (χ1v) is 10.1. The van der Waals surface area contributed by atoms with Gasteiger partial charge in [-0.15, -0.1) is 0 Å². The highest BCUT2D eigenvalue weighted by atomic mass is 15.3. The van der Waals surface area contributed by atoms with Crippen molar-refractivity contribution in [2.45, 2.75) is 52.2 Å². The molecule has 1 atom stereocenters. The summed E-state index contributed by atoms with van der Waals surface area (Å²) < 4.78 is 3.89. The number of benzene rings is 1. The van der Waals surface area contributed by atoms with Crippen LogP contribution >= 0.6 is 0 Å². The summed E-state index contributed by atoms with van der Waals surface area (Å²) in [6, 6.07) is 11.8. The van der Waals surface area contributed by atoms with Crippen molar-refractivity contribution in [2.75, 3.05) is 18.0 Å². The van der Waals surface area contributed by atoms with Crippen molar-refractivity contribution < 1.29 is 0 Å². The standard InChI is InChI=1S/C21H29N7/c1-16-12-18(3)28(25-16)21-6-4-20(5-7-21)26-10-8-19(9-11-26)24-17(2)13-27-15-22-14-23-27/h4-7,12,14-15,17,19,24H,8-11,13H2,1-3H3. The lowest BCUT2D eigenvalue weighted by atomic mass is 10.0. The third-order valence-corrected chi connectivity index (χ3v) is 5.41. The topological polar surface area (TPSA) is 63.8 Å². The molecule has 0 aliphatic carbocycles. The summed E-state index contributed by atoms with van der Waals surface area (Å²) in [4.78, 5) is 6.49. The predicted octanol–water partition coefficient (Wildman–Crippen LogP) is 2.73. The largest absolute Gasteiger partial charge is 0.371 e. The normalized spacial score (nSPS) is 16.5. The average Bonchev–Trinajstić information content (AvgIpc) is 3.31. The van der Waals surface area contributed by atoms with Gasteiger partial charge in [0, 0.05) is 36.6 Å². The minimum absolute atomic E-state index is 0.387. The van der Waals surface area contributed by atoms with Gasteiger partial charge in [-0.1, -0.05) is 0 Å². The smallest absolute Gasteiger partial charge is 0.137 e. The molecule has 148 valence electrons. The maximum Gasteiger partial charge on any atom is 0.137 e. The van der Waals surface area contributed by atoms with Gasteiger partial charge >= 0.3 is 0 Å². The second kappa shape index (κ2) is 8.14. The van der Waals surface area contributed by atoms with Gasteiger partial charge in [-0.2, -0.15) is 10.2 Å². The molecular weight excluding hydrogens is 350 g/mol. The van der Waals surface area contributed by atoms with E-state index in [0.29, 0.717) is 12.1 Å². The first-order valence-electron chi connectivity index (χ1n) is 10.1. The number of nitrogens with one attached hydrogen (secondary N) is 1. The van der Waals surface area contributed by atoms with E-state index in [2.05, 4.69) is 69.6 Å². The van der Waals surface area contributed by atoms with E-state index in [0.717, 1.165) is 49.6 Å². The molecular formula is C21H29N7. The van der Waals surface area contributed by atoms with Crippen LogP contribution in [0.2, 0.25) is 0 Å². The van der Waals surface area contributed by atoms with Crippen LogP contribution in [0.3, 0.4) is 0 Å². The Balaban J connectivity index is 1.30. The predicted molar refractivity (Wildman–Crippen MR) is 111 cm³/mol. The molecule has 28 heavy (non-hydrogen) atoms. The maximum absolute atomic E-state index is 4.57. The van der Waals surface area contributed by atoms with Gasteiger partial charge in [0.05, 0.1) is 17.9 Å². The molecule has 1 saturated heterocycles. The van der Waals surface area contributed by atoms with E-state index < -0.39 is 0 Å². The Morgan fingerprint density at radius 2 is 1.82 bits per heavy atom. The van der Waals surface area contributed by atoms with Crippen LogP contribution in [0.5, 0.6) is 0 Å². The minimum Gasteiger partial charge on any atom is -0.371 e. The Morgan fingerprint density at radius 3 is 2.43 bits per heavy atom. The van der Waals surface area contributed by atoms with Crippen molar-refractivity contribution in [3.63, 3.8) is 0 Å². The fourth-order valence-corrected chi connectivity index (χ4v) is 4.06. The van der Waals surface area contributed by atoms with Gasteiger partial charge in [0.15, 0.2) is 0 Å². The molecule has 2 aromatic heterocycles. The van der Waals surface area contributed by atoms with Crippen LogP contribution in [0.25, 0.3) is 5.69 Å². The SMILES string of the molecule is Cc1cc(C)n(-c2ccc(N3CCC(NC(C)Cn4cncn4)CC3)cc2)n1. The summed E-state index contributed by atoms with van der Waals surface area (Å²) in [5.74, 6) is 0. The lowest BCUT2D eigenvalue weighted by Crippen LogP contribution is -2.46. The summed E-state index contributed by atoms with van der Waals surface area (Å²) in [6.07, 6.45) is 5.67. The lowest BCUT2D eigenvalue weighted by molar-refractivity contribution is 0.348. The van der Waals surface area contributed by atoms with Crippen molar-refractivity contribution in [2.24, 2.45) is 0 Å². The second-order valence-corrected chi connectivity index (χ2v) is 7.80. The van der Waals surface area contributed by atoms with E-state index in [-0.39, 0.29) is 0 Å². The van der Waals surface area contributed by atoms with Gasteiger partial charge in [0.2, 0.25) is 0 Å². The molecule has 7 nitrogen and oxygen atoms in total. The molecule has 3 aromatic rings. The zero-order chi connectivity index (χ0) is 19.5. The highest BCUT2D eigenvalue weighted by molar-refractivity contribution is 5.51. The van der Waals surface area contributed by atoms with Crippen LogP contribution in [0.15, 0.2) is 43.0 Å². The van der Waals surface area contributed by atoms with E-state index in [9.17, 15) is 0 Å². The van der Waals surface area contributed by atoms with Gasteiger partial charge < -0.3 is 10.2 Å². The number of nitrogens with zero attached hydrogens (tertiary/aromatic N) is 6. The molecule has 7 heteroatoms. The molecule has 3 heterocycles.